The summed E-state index contributed by atoms with van der Waals surface area (Å²) in [6.07, 6.45) is 3.58. The number of benzene rings is 4. The molecule has 0 aliphatic rings. The Labute approximate surface area is 284 Å². The molecule has 0 aliphatic heterocycles. The van der Waals surface area contributed by atoms with Gasteiger partial charge >= 0.3 is 20.4 Å². The van der Waals surface area contributed by atoms with E-state index in [1.165, 1.54) is 16.7 Å². The first kappa shape index (κ1) is 31.5. The molecule has 7 aromatic rings. The van der Waals surface area contributed by atoms with Gasteiger partial charge in [-0.15, -0.1) is 35.7 Å². The van der Waals surface area contributed by atoms with Gasteiger partial charge in [0.25, 0.3) is 0 Å². The van der Waals surface area contributed by atoms with Gasteiger partial charge in [-0.25, -0.2) is 4.98 Å². The Balaban J connectivity index is 0.00000372. The summed E-state index contributed by atoms with van der Waals surface area (Å²) in [4.78, 5) is 4.79. The number of fused-ring (bicyclic) bond motifs is 3. The quantitative estimate of drug-likeness (QED) is 0.123. The number of ether oxygens (including phenoxy) is 1. The van der Waals surface area contributed by atoms with Gasteiger partial charge in [-0.3, -0.25) is 4.68 Å². The molecule has 0 fully saturated rings. The third-order valence-corrected chi connectivity index (χ3v) is 8.38. The summed E-state index contributed by atoms with van der Waals surface area (Å²) >= 11 is 0. The smallest absolute Gasteiger partial charge is 0.509 e. The van der Waals surface area contributed by atoms with Crippen LogP contribution in [0.1, 0.15) is 51.6 Å². The van der Waals surface area contributed by atoms with E-state index in [-0.39, 0.29) is 25.8 Å². The molecule has 0 unspecified atom stereocenters. The van der Waals surface area contributed by atoms with E-state index in [0.29, 0.717) is 11.5 Å². The normalized spacial score (nSPS) is 11.6. The van der Waals surface area contributed by atoms with E-state index in [4.69, 9.17) is 14.8 Å². The van der Waals surface area contributed by atoms with Gasteiger partial charge in [0, 0.05) is 34.5 Å². The molecule has 6 heteroatoms. The van der Waals surface area contributed by atoms with Crippen molar-refractivity contribution in [2.75, 3.05) is 0 Å². The molecule has 0 N–H and O–H groups in total. The molecule has 0 spiro atoms. The van der Waals surface area contributed by atoms with E-state index >= 15 is 0 Å². The minimum absolute atomic E-state index is 0. The molecule has 4 aromatic carbocycles. The van der Waals surface area contributed by atoms with Crippen molar-refractivity contribution in [1.82, 2.24) is 19.3 Å². The fourth-order valence-corrected chi connectivity index (χ4v) is 6.13. The summed E-state index contributed by atoms with van der Waals surface area (Å²) in [5, 5.41) is 7.29. The van der Waals surface area contributed by atoms with Crippen LogP contribution in [0, 0.1) is 12.1 Å². The molecule has 0 atom stereocenters. The van der Waals surface area contributed by atoms with Crippen LogP contribution in [-0.2, 0) is 38.7 Å². The number of rotatable bonds is 7. The second-order valence-corrected chi connectivity index (χ2v) is 12.3. The zero-order chi connectivity index (χ0) is 31.1. The van der Waals surface area contributed by atoms with Crippen molar-refractivity contribution in [2.24, 2.45) is 0 Å². The first-order chi connectivity index (χ1) is 21.9. The Morgan fingerprint density at radius 2 is 1.52 bits per heavy atom. The summed E-state index contributed by atoms with van der Waals surface area (Å²) in [5.41, 5.74) is 8.71. The third-order valence-electron chi connectivity index (χ3n) is 8.38. The summed E-state index contributed by atoms with van der Waals surface area (Å²) in [5.74, 6) is 2.08. The van der Waals surface area contributed by atoms with Gasteiger partial charge in [-0.05, 0) is 58.7 Å². The molecule has 0 saturated heterocycles. The molecule has 0 aliphatic carbocycles. The molecule has 0 radical (unpaired) electrons. The fraction of sp³-hybridized carbons (Fsp3) is 0.200. The van der Waals surface area contributed by atoms with Crippen LogP contribution in [0.15, 0.2) is 103 Å². The summed E-state index contributed by atoms with van der Waals surface area (Å²) in [6, 6.07) is 40.3. The Morgan fingerprint density at radius 1 is 0.761 bits per heavy atom. The van der Waals surface area contributed by atoms with Crippen molar-refractivity contribution in [2.45, 2.75) is 52.9 Å². The number of pyridine rings is 1. The van der Waals surface area contributed by atoms with Crippen LogP contribution in [0.25, 0.3) is 44.4 Å². The van der Waals surface area contributed by atoms with E-state index in [9.17, 15) is 0 Å². The number of nitrogens with zero attached hydrogens (tertiary/aromatic N) is 4. The van der Waals surface area contributed by atoms with Gasteiger partial charge in [-0.2, -0.15) is 17.2 Å². The summed E-state index contributed by atoms with van der Waals surface area (Å²) in [6.45, 7) is 11.0. The van der Waals surface area contributed by atoms with Gasteiger partial charge in [-0.1, -0.05) is 88.7 Å². The van der Waals surface area contributed by atoms with E-state index in [0.717, 1.165) is 57.5 Å². The number of hydrogen-bond donors (Lipinski definition) is 0. The standard InChI is InChI=1S/C40H36N4O.Pd/c1-6-34-39(27-14-9-8-10-15-27)35(7-2)44(42-34)29-16-13-17-30(25-29)45-31-20-21-33-32-18-11-12-19-36(32)43(37(33)26-31)38-24-28(22-23-41-38)40(3,4)5;/h8-24H,6-7H2,1-5H3;/q-2;+2. The van der Waals surface area contributed by atoms with Gasteiger partial charge in [0.1, 0.15) is 5.82 Å². The van der Waals surface area contributed by atoms with Crippen LogP contribution in [-0.4, -0.2) is 19.3 Å². The first-order valence-corrected chi connectivity index (χ1v) is 15.6. The Hall–Kier alpha value is -4.50. The monoisotopic (exact) mass is 694 g/mol. The van der Waals surface area contributed by atoms with Crippen molar-refractivity contribution >= 4 is 21.8 Å². The van der Waals surface area contributed by atoms with Gasteiger partial charge in [0.15, 0.2) is 0 Å². The maximum Gasteiger partial charge on any atom is 2.00 e. The molecular weight excluding hydrogens is 659 g/mol. The maximum absolute atomic E-state index is 6.45. The molecule has 3 heterocycles. The minimum atomic E-state index is 0. The predicted molar refractivity (Wildman–Crippen MR) is 183 cm³/mol. The van der Waals surface area contributed by atoms with Crippen molar-refractivity contribution in [3.05, 3.63) is 132 Å². The van der Waals surface area contributed by atoms with E-state index in [1.807, 2.05) is 41.2 Å². The van der Waals surface area contributed by atoms with E-state index in [1.54, 1.807) is 0 Å². The van der Waals surface area contributed by atoms with Gasteiger partial charge in [0.2, 0.25) is 0 Å². The van der Waals surface area contributed by atoms with Crippen LogP contribution in [0.2, 0.25) is 0 Å². The first-order valence-electron chi connectivity index (χ1n) is 15.6. The predicted octanol–water partition coefficient (Wildman–Crippen LogP) is 9.84. The Bertz CT molecular complexity index is 2150. The zero-order valence-corrected chi connectivity index (χ0v) is 28.3. The van der Waals surface area contributed by atoms with Crippen LogP contribution < -0.4 is 4.74 Å². The molecule has 0 bridgehead atoms. The molecule has 0 amide bonds. The SMILES string of the molecule is CCc1nn(-c2[c-]c(Oc3[c-]c4c(cc3)c3ccccc3n4-c3cc(C(C)(C)C)ccn3)ccc2)c(CC)c1-c1ccccc1.[Pd+2]. The van der Waals surface area contributed by atoms with Crippen LogP contribution in [0.4, 0.5) is 0 Å². The zero-order valence-electron chi connectivity index (χ0n) is 26.7. The van der Waals surface area contributed by atoms with E-state index < -0.39 is 0 Å². The number of aryl methyl sites for hydroxylation is 1. The molecule has 7 rings (SSSR count). The third kappa shape index (κ3) is 5.68. The van der Waals surface area contributed by atoms with Crippen LogP contribution >= 0.6 is 0 Å². The van der Waals surface area contributed by atoms with Crippen molar-refractivity contribution in [3.8, 4) is 34.1 Å². The van der Waals surface area contributed by atoms with Gasteiger partial charge < -0.3 is 9.30 Å². The summed E-state index contributed by atoms with van der Waals surface area (Å²) in [7, 11) is 0. The maximum atomic E-state index is 6.45. The topological polar surface area (TPSA) is 44.9 Å². The van der Waals surface area contributed by atoms with E-state index in [2.05, 4.69) is 118 Å². The minimum Gasteiger partial charge on any atom is -0.509 e. The van der Waals surface area contributed by atoms with Crippen molar-refractivity contribution in [1.29, 1.82) is 0 Å². The number of aromatic nitrogens is 4. The second kappa shape index (κ2) is 12.7. The number of hydrogen-bond acceptors (Lipinski definition) is 3. The second-order valence-electron chi connectivity index (χ2n) is 12.3. The number of para-hydroxylation sites is 1. The molecule has 46 heavy (non-hydrogen) atoms. The van der Waals surface area contributed by atoms with Crippen LogP contribution in [0.3, 0.4) is 0 Å². The average molecular weight is 695 g/mol. The molecule has 5 nitrogen and oxygen atoms in total. The van der Waals surface area contributed by atoms with Crippen molar-refractivity contribution in [3.63, 3.8) is 0 Å². The fourth-order valence-electron chi connectivity index (χ4n) is 6.13. The van der Waals surface area contributed by atoms with Gasteiger partial charge in [0.05, 0.1) is 5.69 Å². The Morgan fingerprint density at radius 3 is 2.28 bits per heavy atom. The van der Waals surface area contributed by atoms with Crippen LogP contribution in [0.5, 0.6) is 11.5 Å². The summed E-state index contributed by atoms with van der Waals surface area (Å²) < 4.78 is 10.7. The molecule has 232 valence electrons. The average Bonchev–Trinajstić information content (AvgIpc) is 3.60. The van der Waals surface area contributed by atoms with Crippen molar-refractivity contribution < 1.29 is 25.2 Å². The molecule has 3 aromatic heterocycles. The molecular formula is C40H36N4OPd. The largest absolute Gasteiger partial charge is 2.00 e. The molecule has 0 saturated carbocycles. The Kier molecular flexibility index (Phi) is 8.70.